The first-order valence-corrected chi connectivity index (χ1v) is 8.24. The van der Waals surface area contributed by atoms with Gasteiger partial charge in [0.25, 0.3) is 0 Å². The lowest BCUT2D eigenvalue weighted by molar-refractivity contribution is 0.663. The lowest BCUT2D eigenvalue weighted by atomic mass is 9.89. The summed E-state index contributed by atoms with van der Waals surface area (Å²) in [5.41, 5.74) is 5.28. The van der Waals surface area contributed by atoms with Crippen LogP contribution >= 0.6 is 11.9 Å². The van der Waals surface area contributed by atoms with Crippen LogP contribution in [0.4, 0.5) is 5.69 Å². The summed E-state index contributed by atoms with van der Waals surface area (Å²) in [4.78, 5) is 2.42. The summed E-state index contributed by atoms with van der Waals surface area (Å²) in [5.74, 6) is 1.11. The second kappa shape index (κ2) is 4.49. The molecule has 1 aromatic carbocycles. The molecule has 3 aliphatic rings. The molecule has 0 aliphatic carbocycles. The van der Waals surface area contributed by atoms with Gasteiger partial charge in [-0.2, -0.15) is 4.40 Å². The molecule has 3 heterocycles. The molecule has 0 radical (unpaired) electrons. The summed E-state index contributed by atoms with van der Waals surface area (Å²) >= 11 is 1.70. The Kier molecular flexibility index (Phi) is 2.81. The molecule has 1 fully saturated rings. The number of hydrogen-bond donors (Lipinski definition) is 1. The summed E-state index contributed by atoms with van der Waals surface area (Å²) in [6.45, 7) is 7.55. The van der Waals surface area contributed by atoms with E-state index in [4.69, 9.17) is 4.40 Å². The third kappa shape index (κ3) is 1.75. The topological polar surface area (TPSA) is 37.5 Å². The number of amidine groups is 1. The Balaban J connectivity index is 1.93. The first-order valence-electron chi connectivity index (χ1n) is 7.40. The Morgan fingerprint density at radius 1 is 1.29 bits per heavy atom. The average Bonchev–Trinajstić information content (AvgIpc) is 3.10. The number of benzene rings is 1. The maximum atomic E-state index is 4.81. The molecule has 0 bridgehead atoms. The van der Waals surface area contributed by atoms with Crippen LogP contribution in [0.2, 0.25) is 0 Å². The van der Waals surface area contributed by atoms with Crippen molar-refractivity contribution in [3.63, 3.8) is 0 Å². The Morgan fingerprint density at radius 2 is 2.00 bits per heavy atom. The van der Waals surface area contributed by atoms with Crippen molar-refractivity contribution in [1.29, 1.82) is 0 Å². The van der Waals surface area contributed by atoms with E-state index >= 15 is 0 Å². The van der Waals surface area contributed by atoms with E-state index in [0.717, 1.165) is 12.4 Å². The third-order valence-corrected chi connectivity index (χ3v) is 5.75. The van der Waals surface area contributed by atoms with Gasteiger partial charge in [0.2, 0.25) is 0 Å². The van der Waals surface area contributed by atoms with Crippen LogP contribution in [0.1, 0.15) is 26.3 Å². The van der Waals surface area contributed by atoms with Crippen molar-refractivity contribution >= 4 is 29.0 Å². The van der Waals surface area contributed by atoms with Gasteiger partial charge in [0, 0.05) is 29.6 Å². The van der Waals surface area contributed by atoms with E-state index in [0.29, 0.717) is 5.37 Å². The van der Waals surface area contributed by atoms with E-state index in [-0.39, 0.29) is 5.54 Å². The molecule has 0 spiro atoms. The van der Waals surface area contributed by atoms with E-state index in [9.17, 15) is 0 Å². The molecule has 1 saturated heterocycles. The molecule has 1 N–H and O–H groups in total. The highest BCUT2D eigenvalue weighted by molar-refractivity contribution is 7.99. The standard InChI is InChI=1S/C17H19N3S/c1-4-11-12(5-2)15-19-21-16(17(3)10-18-17)20(15)14-9-7-6-8-13(11)14/h4-9,16,18H,10H2,1-3H3/b11-4?,12-5+. The highest BCUT2D eigenvalue weighted by Crippen LogP contribution is 2.49. The first kappa shape index (κ1) is 13.2. The number of hydrogen-bond acceptors (Lipinski definition) is 4. The predicted molar refractivity (Wildman–Crippen MR) is 91.6 cm³/mol. The van der Waals surface area contributed by atoms with Crippen LogP contribution < -0.4 is 10.2 Å². The Morgan fingerprint density at radius 3 is 2.67 bits per heavy atom. The minimum Gasteiger partial charge on any atom is -0.308 e. The monoisotopic (exact) mass is 297 g/mol. The number of fused-ring (bicyclic) bond motifs is 3. The van der Waals surface area contributed by atoms with E-state index < -0.39 is 0 Å². The van der Waals surface area contributed by atoms with Crippen molar-refractivity contribution in [2.45, 2.75) is 31.7 Å². The number of rotatable bonds is 1. The van der Waals surface area contributed by atoms with Gasteiger partial charge in [0.1, 0.15) is 11.2 Å². The fourth-order valence-corrected chi connectivity index (χ4v) is 4.30. The van der Waals surface area contributed by atoms with Crippen molar-refractivity contribution in [2.75, 3.05) is 11.4 Å². The average molecular weight is 297 g/mol. The maximum Gasteiger partial charge on any atom is 0.149 e. The number of anilines is 1. The second-order valence-corrected chi connectivity index (χ2v) is 6.78. The number of para-hydroxylation sites is 1. The summed E-state index contributed by atoms with van der Waals surface area (Å²) in [5, 5.41) is 3.84. The molecular formula is C17H19N3S. The number of nitrogens with zero attached hydrogens (tertiary/aromatic N) is 2. The molecule has 3 aliphatic heterocycles. The Labute approximate surface area is 130 Å². The zero-order chi connectivity index (χ0) is 14.6. The molecule has 1 aromatic rings. The van der Waals surface area contributed by atoms with Gasteiger partial charge in [-0.3, -0.25) is 0 Å². The Bertz CT molecular complexity index is 698. The quantitative estimate of drug-likeness (QED) is 0.635. The van der Waals surface area contributed by atoms with Crippen LogP contribution in [0.15, 0.2) is 46.4 Å². The lowest BCUT2D eigenvalue weighted by Gasteiger charge is -2.37. The summed E-state index contributed by atoms with van der Waals surface area (Å²) < 4.78 is 4.81. The zero-order valence-electron chi connectivity index (χ0n) is 12.6. The van der Waals surface area contributed by atoms with Gasteiger partial charge >= 0.3 is 0 Å². The minimum absolute atomic E-state index is 0.162. The SMILES string of the molecule is CC=C1/C(=C\C)C2=NSC(C3(C)CN3)N2c2ccccc21. The van der Waals surface area contributed by atoms with Gasteiger partial charge in [-0.05, 0) is 32.4 Å². The highest BCUT2D eigenvalue weighted by atomic mass is 32.2. The van der Waals surface area contributed by atoms with E-state index in [2.05, 4.69) is 67.4 Å². The van der Waals surface area contributed by atoms with Crippen molar-refractivity contribution < 1.29 is 0 Å². The second-order valence-electron chi connectivity index (χ2n) is 5.94. The van der Waals surface area contributed by atoms with Crippen LogP contribution in [0, 0.1) is 0 Å². The van der Waals surface area contributed by atoms with Crippen LogP contribution in [0.3, 0.4) is 0 Å². The van der Waals surface area contributed by atoms with Crippen molar-refractivity contribution in [3.05, 3.63) is 47.6 Å². The van der Waals surface area contributed by atoms with Crippen molar-refractivity contribution in [2.24, 2.45) is 4.40 Å². The smallest absolute Gasteiger partial charge is 0.149 e. The van der Waals surface area contributed by atoms with Crippen molar-refractivity contribution in [1.82, 2.24) is 5.32 Å². The lowest BCUT2D eigenvalue weighted by Crippen LogP contribution is -2.46. The fourth-order valence-electron chi connectivity index (χ4n) is 3.21. The van der Waals surface area contributed by atoms with Gasteiger partial charge in [0.05, 0.1) is 11.2 Å². The fraction of sp³-hybridized carbons (Fsp3) is 0.353. The largest absolute Gasteiger partial charge is 0.308 e. The van der Waals surface area contributed by atoms with Gasteiger partial charge in [-0.15, -0.1) is 0 Å². The van der Waals surface area contributed by atoms with Gasteiger partial charge < -0.3 is 10.2 Å². The zero-order valence-corrected chi connectivity index (χ0v) is 13.4. The molecule has 3 nitrogen and oxygen atoms in total. The number of nitrogens with one attached hydrogen (secondary N) is 1. The summed E-state index contributed by atoms with van der Waals surface area (Å²) in [6, 6.07) is 8.67. The molecule has 2 unspecified atom stereocenters. The normalized spacial score (nSPS) is 34.0. The van der Waals surface area contributed by atoms with Crippen LogP contribution in [-0.2, 0) is 0 Å². The molecular weight excluding hydrogens is 278 g/mol. The third-order valence-electron chi connectivity index (χ3n) is 4.54. The molecule has 0 saturated carbocycles. The summed E-state index contributed by atoms with van der Waals surface area (Å²) in [6.07, 6.45) is 4.38. The van der Waals surface area contributed by atoms with Crippen LogP contribution in [0.25, 0.3) is 5.57 Å². The molecule has 0 aromatic heterocycles. The maximum absolute atomic E-state index is 4.81. The first-order chi connectivity index (χ1) is 10.2. The predicted octanol–water partition coefficient (Wildman–Crippen LogP) is 3.60. The molecule has 21 heavy (non-hydrogen) atoms. The molecule has 108 valence electrons. The van der Waals surface area contributed by atoms with Gasteiger partial charge in [0.15, 0.2) is 0 Å². The van der Waals surface area contributed by atoms with Crippen LogP contribution in [0.5, 0.6) is 0 Å². The number of allylic oxidation sites excluding steroid dienone is 2. The van der Waals surface area contributed by atoms with E-state index in [1.54, 1.807) is 11.9 Å². The van der Waals surface area contributed by atoms with Crippen molar-refractivity contribution in [3.8, 4) is 0 Å². The van der Waals surface area contributed by atoms with Crippen LogP contribution in [-0.4, -0.2) is 23.3 Å². The molecule has 0 amide bonds. The highest BCUT2D eigenvalue weighted by Gasteiger charge is 2.53. The van der Waals surface area contributed by atoms with E-state index in [1.165, 1.54) is 22.4 Å². The molecule has 4 rings (SSSR count). The van der Waals surface area contributed by atoms with E-state index in [1.807, 2.05) is 0 Å². The molecule has 2 atom stereocenters. The van der Waals surface area contributed by atoms with Gasteiger partial charge in [-0.1, -0.05) is 30.4 Å². The minimum atomic E-state index is 0.162. The Hall–Kier alpha value is -1.52. The van der Waals surface area contributed by atoms with Gasteiger partial charge in [-0.25, -0.2) is 0 Å². The molecule has 4 heteroatoms. The summed E-state index contributed by atoms with van der Waals surface area (Å²) in [7, 11) is 0.